The first kappa shape index (κ1) is 14.4. The summed E-state index contributed by atoms with van der Waals surface area (Å²) in [7, 11) is 0. The minimum absolute atomic E-state index is 0.306. The number of rotatable bonds is 4. The summed E-state index contributed by atoms with van der Waals surface area (Å²) >= 11 is 4.80. The Hall–Kier alpha value is -0.980. The van der Waals surface area contributed by atoms with Crippen molar-refractivity contribution in [3.8, 4) is 0 Å². The third kappa shape index (κ3) is 3.75. The zero-order valence-electron chi connectivity index (χ0n) is 9.82. The van der Waals surface area contributed by atoms with Gasteiger partial charge in [0.2, 0.25) is 0 Å². The van der Waals surface area contributed by atoms with Crippen molar-refractivity contribution in [1.82, 2.24) is 4.98 Å². The first-order valence-electron chi connectivity index (χ1n) is 5.52. The van der Waals surface area contributed by atoms with Crippen LogP contribution in [0.3, 0.4) is 0 Å². The van der Waals surface area contributed by atoms with Gasteiger partial charge in [0.25, 0.3) is 0 Å². The molecule has 0 saturated carbocycles. The van der Waals surface area contributed by atoms with Gasteiger partial charge in [-0.2, -0.15) is 0 Å². The van der Waals surface area contributed by atoms with Crippen LogP contribution in [-0.2, 0) is 0 Å². The Labute approximate surface area is 122 Å². The van der Waals surface area contributed by atoms with Crippen molar-refractivity contribution >= 4 is 27.7 Å². The van der Waals surface area contributed by atoms with Gasteiger partial charge in [-0.15, -0.1) is 11.8 Å². The van der Waals surface area contributed by atoms with E-state index in [0.717, 1.165) is 15.6 Å². The van der Waals surface area contributed by atoms with E-state index in [1.165, 1.54) is 23.9 Å². The van der Waals surface area contributed by atoms with Crippen molar-refractivity contribution in [3.05, 3.63) is 58.2 Å². The monoisotopic (exact) mass is 344 g/mol. The fourth-order valence-corrected chi connectivity index (χ4v) is 2.99. The lowest BCUT2D eigenvalue weighted by atomic mass is 10.1. The highest BCUT2D eigenvalue weighted by atomic mass is 79.9. The van der Waals surface area contributed by atoms with Crippen LogP contribution in [0.4, 0.5) is 8.78 Å². The average molecular weight is 345 g/mol. The summed E-state index contributed by atoms with van der Waals surface area (Å²) in [5.74, 6) is -0.764. The van der Waals surface area contributed by atoms with Crippen molar-refractivity contribution in [2.75, 3.05) is 5.75 Å². The lowest BCUT2D eigenvalue weighted by molar-refractivity contribution is 0.563. The molecule has 0 aliphatic rings. The summed E-state index contributed by atoms with van der Waals surface area (Å²) in [6, 6.07) is 6.60. The summed E-state index contributed by atoms with van der Waals surface area (Å²) in [5.41, 5.74) is 6.22. The van der Waals surface area contributed by atoms with E-state index in [4.69, 9.17) is 5.73 Å². The molecule has 0 saturated heterocycles. The van der Waals surface area contributed by atoms with Gasteiger partial charge in [0.15, 0.2) is 0 Å². The highest BCUT2D eigenvalue weighted by Gasteiger charge is 2.13. The molecule has 0 fully saturated rings. The van der Waals surface area contributed by atoms with Gasteiger partial charge in [0.1, 0.15) is 16.7 Å². The lowest BCUT2D eigenvalue weighted by Crippen LogP contribution is -2.15. The molecule has 19 heavy (non-hydrogen) atoms. The Kier molecular flexibility index (Phi) is 4.90. The first-order valence-corrected chi connectivity index (χ1v) is 7.29. The van der Waals surface area contributed by atoms with Crippen molar-refractivity contribution in [3.63, 3.8) is 0 Å². The normalized spacial score (nSPS) is 12.4. The minimum Gasteiger partial charge on any atom is -0.323 e. The van der Waals surface area contributed by atoms with Gasteiger partial charge in [-0.1, -0.05) is 6.07 Å². The van der Waals surface area contributed by atoms with Crippen LogP contribution < -0.4 is 5.73 Å². The highest BCUT2D eigenvalue weighted by molar-refractivity contribution is 9.10. The quantitative estimate of drug-likeness (QED) is 0.854. The average Bonchev–Trinajstić information content (AvgIpc) is 2.37. The SMILES string of the molecule is NC(CSc1ncccc1Br)c1ccc(F)cc1F. The molecule has 0 aliphatic carbocycles. The number of pyridine rings is 1. The minimum atomic E-state index is -0.617. The molecule has 100 valence electrons. The predicted molar refractivity (Wildman–Crippen MR) is 75.9 cm³/mol. The van der Waals surface area contributed by atoms with E-state index in [0.29, 0.717) is 11.3 Å². The number of thioether (sulfide) groups is 1. The van der Waals surface area contributed by atoms with Crippen LogP contribution in [0.15, 0.2) is 46.0 Å². The van der Waals surface area contributed by atoms with Crippen LogP contribution in [-0.4, -0.2) is 10.7 Å². The molecule has 1 atom stereocenters. The number of hydrogen-bond donors (Lipinski definition) is 1. The molecule has 1 unspecified atom stereocenters. The second-order valence-corrected chi connectivity index (χ2v) is 5.74. The number of aromatic nitrogens is 1. The molecule has 0 spiro atoms. The fraction of sp³-hybridized carbons (Fsp3) is 0.154. The van der Waals surface area contributed by atoms with Crippen LogP contribution in [0, 0.1) is 11.6 Å². The smallest absolute Gasteiger partial charge is 0.130 e. The third-order valence-electron chi connectivity index (χ3n) is 2.49. The maximum Gasteiger partial charge on any atom is 0.130 e. The molecule has 2 N–H and O–H groups in total. The van der Waals surface area contributed by atoms with Gasteiger partial charge in [-0.25, -0.2) is 13.8 Å². The first-order chi connectivity index (χ1) is 9.08. The van der Waals surface area contributed by atoms with Crippen LogP contribution >= 0.6 is 27.7 Å². The maximum absolute atomic E-state index is 13.6. The molecule has 2 rings (SSSR count). The molecule has 2 aromatic rings. The van der Waals surface area contributed by atoms with Crippen molar-refractivity contribution in [1.29, 1.82) is 0 Å². The van der Waals surface area contributed by atoms with Crippen LogP contribution in [0.2, 0.25) is 0 Å². The Balaban J connectivity index is 2.05. The fourth-order valence-electron chi connectivity index (χ4n) is 1.54. The van der Waals surface area contributed by atoms with Crippen LogP contribution in [0.5, 0.6) is 0 Å². The Morgan fingerprint density at radius 2 is 2.11 bits per heavy atom. The summed E-state index contributed by atoms with van der Waals surface area (Å²) in [6.45, 7) is 0. The molecule has 6 heteroatoms. The van der Waals surface area contributed by atoms with E-state index in [1.54, 1.807) is 6.20 Å². The third-order valence-corrected chi connectivity index (χ3v) is 4.51. The van der Waals surface area contributed by atoms with Gasteiger partial charge in [-0.3, -0.25) is 0 Å². The summed E-state index contributed by atoms with van der Waals surface area (Å²) in [5, 5.41) is 0.792. The Morgan fingerprint density at radius 3 is 2.79 bits per heavy atom. The topological polar surface area (TPSA) is 38.9 Å². The van der Waals surface area contributed by atoms with Crippen molar-refractivity contribution in [2.45, 2.75) is 11.1 Å². The van der Waals surface area contributed by atoms with Crippen LogP contribution in [0.25, 0.3) is 0 Å². The molecule has 0 radical (unpaired) electrons. The van der Waals surface area contributed by atoms with Gasteiger partial charge < -0.3 is 5.73 Å². The number of nitrogens with two attached hydrogens (primary N) is 1. The standard InChI is InChI=1S/C13H11BrF2N2S/c14-10-2-1-5-18-13(10)19-7-12(17)9-4-3-8(15)6-11(9)16/h1-6,12H,7,17H2. The maximum atomic E-state index is 13.6. The van der Waals surface area contributed by atoms with Crippen LogP contribution in [0.1, 0.15) is 11.6 Å². The predicted octanol–water partition coefficient (Wildman–Crippen LogP) is 3.91. The van der Waals surface area contributed by atoms with Crippen molar-refractivity contribution < 1.29 is 8.78 Å². The van der Waals surface area contributed by atoms with Gasteiger partial charge in [0, 0.05) is 34.1 Å². The number of nitrogens with zero attached hydrogens (tertiary/aromatic N) is 1. The van der Waals surface area contributed by atoms with E-state index >= 15 is 0 Å². The lowest BCUT2D eigenvalue weighted by Gasteiger charge is -2.12. The van der Waals surface area contributed by atoms with Gasteiger partial charge >= 0.3 is 0 Å². The molecule has 2 nitrogen and oxygen atoms in total. The largest absolute Gasteiger partial charge is 0.323 e. The van der Waals surface area contributed by atoms with Gasteiger partial charge in [-0.05, 0) is 34.1 Å². The molecule has 0 bridgehead atoms. The molecule has 0 amide bonds. The van der Waals surface area contributed by atoms with E-state index in [2.05, 4.69) is 20.9 Å². The zero-order valence-corrected chi connectivity index (χ0v) is 12.2. The Morgan fingerprint density at radius 1 is 1.32 bits per heavy atom. The molecular formula is C13H11BrF2N2S. The molecule has 1 heterocycles. The molecule has 1 aromatic carbocycles. The zero-order chi connectivity index (χ0) is 13.8. The van der Waals surface area contributed by atoms with Crippen molar-refractivity contribution in [2.24, 2.45) is 5.73 Å². The van der Waals surface area contributed by atoms with Gasteiger partial charge in [0.05, 0.1) is 0 Å². The number of halogens is 3. The van der Waals surface area contributed by atoms with E-state index in [1.807, 2.05) is 12.1 Å². The second kappa shape index (κ2) is 6.45. The van der Waals surface area contributed by atoms with E-state index in [9.17, 15) is 8.78 Å². The summed E-state index contributed by atoms with van der Waals surface area (Å²) in [4.78, 5) is 4.19. The Bertz CT molecular complexity index is 580. The number of hydrogen-bond acceptors (Lipinski definition) is 3. The number of benzene rings is 1. The summed E-state index contributed by atoms with van der Waals surface area (Å²) < 4.78 is 27.2. The van der Waals surface area contributed by atoms with E-state index in [-0.39, 0.29) is 0 Å². The van der Waals surface area contributed by atoms with E-state index < -0.39 is 17.7 Å². The molecular weight excluding hydrogens is 334 g/mol. The molecule has 0 aliphatic heterocycles. The second-order valence-electron chi connectivity index (χ2n) is 3.87. The summed E-state index contributed by atoms with van der Waals surface area (Å²) in [6.07, 6.45) is 1.68. The molecule has 1 aromatic heterocycles. The highest BCUT2D eigenvalue weighted by Crippen LogP contribution is 2.28.